The third kappa shape index (κ3) is 14.2. The third-order valence-corrected chi connectivity index (χ3v) is 7.07. The van der Waals surface area contributed by atoms with Crippen molar-refractivity contribution in [2.75, 3.05) is 13.7 Å². The number of nitrogens with zero attached hydrogens (tertiary/aromatic N) is 4. The monoisotopic (exact) mass is 688 g/mol. The Labute approximate surface area is 298 Å². The van der Waals surface area contributed by atoms with E-state index in [1.807, 2.05) is 112 Å². The highest BCUT2D eigenvalue weighted by molar-refractivity contribution is 6.29. The fourth-order valence-corrected chi connectivity index (χ4v) is 4.42. The van der Waals surface area contributed by atoms with Gasteiger partial charge in [0, 0.05) is 28.9 Å². The average Bonchev–Trinajstić information content (AvgIpc) is 3.37. The molecule has 264 valence electrons. The molecule has 0 spiro atoms. The predicted octanol–water partition coefficient (Wildman–Crippen LogP) is 11.7. The number of hydrogen-bond acceptors (Lipinski definition) is 6. The molecule has 1 atom stereocenters. The van der Waals surface area contributed by atoms with Gasteiger partial charge in [-0.1, -0.05) is 95.2 Å². The number of halogens is 1. The molecule has 9 heteroatoms. The fourth-order valence-electron chi connectivity index (χ4n) is 4.27. The van der Waals surface area contributed by atoms with Crippen molar-refractivity contribution in [2.45, 2.75) is 87.6 Å². The number of aromatic nitrogens is 3. The zero-order valence-corrected chi connectivity index (χ0v) is 31.5. The lowest BCUT2D eigenvalue weighted by Gasteiger charge is -2.15. The van der Waals surface area contributed by atoms with Crippen molar-refractivity contribution in [2.24, 2.45) is 5.18 Å². The summed E-state index contributed by atoms with van der Waals surface area (Å²) >= 11 is 6.09. The summed E-state index contributed by atoms with van der Waals surface area (Å²) in [5, 5.41) is 3.31. The average molecular weight is 689 g/mol. The van der Waals surface area contributed by atoms with E-state index in [-0.39, 0.29) is 11.6 Å². The van der Waals surface area contributed by atoms with Gasteiger partial charge >= 0.3 is 5.91 Å². The number of pyridine rings is 1. The molecular weight excluding hydrogens is 636 g/mol. The number of carbonyl (C=O) groups excluding carboxylic acids is 1. The van der Waals surface area contributed by atoms with Crippen LogP contribution < -0.4 is 0 Å². The minimum absolute atomic E-state index is 0.105. The minimum atomic E-state index is -0.871. The lowest BCUT2D eigenvalue weighted by atomic mass is 10.2. The number of rotatable bonds is 13. The summed E-state index contributed by atoms with van der Waals surface area (Å²) in [6.45, 7) is 18.7. The summed E-state index contributed by atoms with van der Waals surface area (Å²) in [6, 6.07) is 1.66. The van der Waals surface area contributed by atoms with Crippen LogP contribution in [0.3, 0.4) is 0 Å². The molecule has 0 N–H and O–H groups in total. The maximum absolute atomic E-state index is 11.8. The van der Waals surface area contributed by atoms with Gasteiger partial charge in [0.15, 0.2) is 5.65 Å². The molecule has 1 unspecified atom stereocenters. The molecule has 0 aliphatic heterocycles. The van der Waals surface area contributed by atoms with Crippen LogP contribution in [0, 0.1) is 4.91 Å². The summed E-state index contributed by atoms with van der Waals surface area (Å²) in [4.78, 5) is 31.7. The maximum atomic E-state index is 11.8. The van der Waals surface area contributed by atoms with Gasteiger partial charge in [-0.25, -0.2) is 9.97 Å². The summed E-state index contributed by atoms with van der Waals surface area (Å²) in [5.74, 6) is 1.22. The number of carbonyl (C=O) groups is 1. The first-order valence-corrected chi connectivity index (χ1v) is 17.2. The SMILES string of the molecule is CC.CCC.C\C=C/C(=C\C=C(/C)c1nc2cc(C(=O)N=O)cnc2n1C(C)CC)OC/C(C)=C/C(=C\C=C\C1=CC=C(Cl)CC=C1)OC. The molecule has 0 saturated heterocycles. The second kappa shape index (κ2) is 23.7. The van der Waals surface area contributed by atoms with Gasteiger partial charge in [-0.3, -0.25) is 4.79 Å². The standard InChI is InChI=1S/C35H39ClN4O4.C3H8.C2H6/c1-7-11-30(44-23-24(3)20-31(43-6)15-10-13-27-12-9-14-29(36)18-17-27)19-16-25(4)33-38-32-21-28(35(41)39-42)22-37-34(32)40(33)26(5)8-2;1-3-2;1-2/h7,9-13,15-22,26H,8,14,23H2,1-6H3;3H2,1-2H3;1-2H3/b11-7-,13-10+,24-20+,25-16+,30-19+,31-15+;;. The Bertz CT molecular complexity index is 1670. The molecule has 3 rings (SSSR count). The van der Waals surface area contributed by atoms with Crippen LogP contribution in [0.5, 0.6) is 0 Å². The fraction of sp³-hybridized carbons (Fsp3) is 0.375. The van der Waals surface area contributed by atoms with Crippen LogP contribution in [0.4, 0.5) is 0 Å². The first-order chi connectivity index (χ1) is 23.6. The summed E-state index contributed by atoms with van der Waals surface area (Å²) < 4.78 is 13.7. The number of amides is 1. The van der Waals surface area contributed by atoms with Crippen molar-refractivity contribution >= 4 is 34.2 Å². The van der Waals surface area contributed by atoms with Gasteiger partial charge in [0.05, 0.1) is 12.7 Å². The van der Waals surface area contributed by atoms with E-state index in [1.165, 1.54) is 12.6 Å². The van der Waals surface area contributed by atoms with Crippen LogP contribution >= 0.6 is 11.6 Å². The number of nitroso groups, excluding NO2 is 1. The molecule has 2 aromatic heterocycles. The minimum Gasteiger partial charge on any atom is -0.497 e. The molecule has 1 amide bonds. The second-order valence-corrected chi connectivity index (χ2v) is 11.4. The van der Waals surface area contributed by atoms with Crippen molar-refractivity contribution in [1.29, 1.82) is 0 Å². The van der Waals surface area contributed by atoms with E-state index in [0.717, 1.165) is 40.4 Å². The van der Waals surface area contributed by atoms with E-state index in [0.29, 0.717) is 29.3 Å². The van der Waals surface area contributed by atoms with E-state index < -0.39 is 5.91 Å². The first kappa shape index (κ1) is 42.5. The molecule has 0 fully saturated rings. The van der Waals surface area contributed by atoms with Gasteiger partial charge in [-0.05, 0) is 87.3 Å². The Morgan fingerprint density at radius 3 is 2.47 bits per heavy atom. The maximum Gasteiger partial charge on any atom is 0.318 e. The Kier molecular flexibility index (Phi) is 20.6. The summed E-state index contributed by atoms with van der Waals surface area (Å²) in [6.07, 6.45) is 27.6. The Morgan fingerprint density at radius 1 is 1.12 bits per heavy atom. The lowest BCUT2D eigenvalue weighted by Crippen LogP contribution is -2.08. The summed E-state index contributed by atoms with van der Waals surface area (Å²) in [7, 11) is 1.64. The van der Waals surface area contributed by atoms with Crippen LogP contribution in [-0.2, 0) is 9.47 Å². The van der Waals surface area contributed by atoms with E-state index in [9.17, 15) is 9.70 Å². The Hall–Kier alpha value is -4.56. The van der Waals surface area contributed by atoms with Crippen molar-refractivity contribution < 1.29 is 14.3 Å². The zero-order chi connectivity index (χ0) is 36.8. The number of ether oxygens (including phenoxy) is 2. The molecule has 0 saturated carbocycles. The van der Waals surface area contributed by atoms with Crippen LogP contribution in [-0.4, -0.2) is 34.2 Å². The van der Waals surface area contributed by atoms with Crippen LogP contribution in [0.1, 0.15) is 104 Å². The largest absolute Gasteiger partial charge is 0.497 e. The second-order valence-electron chi connectivity index (χ2n) is 11.0. The lowest BCUT2D eigenvalue weighted by molar-refractivity contribution is 0.100. The van der Waals surface area contributed by atoms with Gasteiger partial charge in [0.25, 0.3) is 0 Å². The molecule has 1 aliphatic carbocycles. The highest BCUT2D eigenvalue weighted by Crippen LogP contribution is 2.27. The number of allylic oxidation sites excluding steroid dienone is 15. The normalized spacial score (nSPS) is 14.8. The van der Waals surface area contributed by atoms with Gasteiger partial charge < -0.3 is 14.0 Å². The van der Waals surface area contributed by atoms with Crippen molar-refractivity contribution in [1.82, 2.24) is 14.5 Å². The van der Waals surface area contributed by atoms with Crippen LogP contribution in [0.2, 0.25) is 0 Å². The molecule has 2 heterocycles. The molecule has 8 nitrogen and oxygen atoms in total. The van der Waals surface area contributed by atoms with Crippen LogP contribution in [0.25, 0.3) is 16.7 Å². The van der Waals surface area contributed by atoms with Crippen molar-refractivity contribution in [3.63, 3.8) is 0 Å². The Balaban J connectivity index is 0.00000227. The third-order valence-electron chi connectivity index (χ3n) is 6.79. The zero-order valence-electron chi connectivity index (χ0n) is 30.8. The molecule has 2 aromatic rings. The van der Waals surface area contributed by atoms with Crippen LogP contribution in [0.15, 0.2) is 118 Å². The highest BCUT2D eigenvalue weighted by Gasteiger charge is 2.19. The van der Waals surface area contributed by atoms with Gasteiger partial charge in [-0.15, -0.1) is 4.91 Å². The summed E-state index contributed by atoms with van der Waals surface area (Å²) in [5.41, 5.74) is 4.19. The molecule has 0 bridgehead atoms. The first-order valence-electron chi connectivity index (χ1n) is 16.8. The van der Waals surface area contributed by atoms with E-state index in [1.54, 1.807) is 13.2 Å². The molecule has 0 radical (unpaired) electrons. The highest BCUT2D eigenvalue weighted by atomic mass is 35.5. The predicted molar refractivity (Wildman–Crippen MR) is 206 cm³/mol. The molecule has 0 aromatic carbocycles. The molecule has 1 aliphatic rings. The van der Waals surface area contributed by atoms with E-state index in [4.69, 9.17) is 26.1 Å². The van der Waals surface area contributed by atoms with Crippen molar-refractivity contribution in [3.8, 4) is 0 Å². The quantitative estimate of drug-likeness (QED) is 0.118. The smallest absolute Gasteiger partial charge is 0.318 e. The van der Waals surface area contributed by atoms with Gasteiger partial charge in [0.1, 0.15) is 29.5 Å². The topological polar surface area (TPSA) is 95.7 Å². The number of fused-ring (bicyclic) bond motifs is 1. The number of imidazole rings is 1. The molecular formula is C40H53ClN4O4. The van der Waals surface area contributed by atoms with Gasteiger partial charge in [-0.2, -0.15) is 0 Å². The number of methoxy groups -OCH3 is 1. The number of hydrogen-bond donors (Lipinski definition) is 0. The van der Waals surface area contributed by atoms with Crippen molar-refractivity contribution in [3.05, 3.63) is 129 Å². The van der Waals surface area contributed by atoms with E-state index >= 15 is 0 Å². The molecule has 49 heavy (non-hydrogen) atoms. The van der Waals surface area contributed by atoms with E-state index in [2.05, 4.69) is 37.9 Å². The van der Waals surface area contributed by atoms with Gasteiger partial charge in [0.2, 0.25) is 0 Å². The Morgan fingerprint density at radius 2 is 1.84 bits per heavy atom.